The number of aromatic amines is 1. The van der Waals surface area contributed by atoms with Crippen LogP contribution in [0.1, 0.15) is 28.7 Å². The molecule has 0 aliphatic carbocycles. The van der Waals surface area contributed by atoms with Crippen LogP contribution in [0.25, 0.3) is 17.0 Å². The summed E-state index contributed by atoms with van der Waals surface area (Å²) in [5, 5.41) is 3.89. The molecule has 0 radical (unpaired) electrons. The maximum Gasteiger partial charge on any atom is 0.245 e. The number of anilines is 2. The average Bonchev–Trinajstić information content (AvgIpc) is 3.28. The fourth-order valence-electron chi connectivity index (χ4n) is 4.27. The molecule has 1 aromatic heterocycles. The Hall–Kier alpha value is -4.09. The predicted octanol–water partition coefficient (Wildman–Crippen LogP) is 5.57. The van der Waals surface area contributed by atoms with Gasteiger partial charge in [-0.3, -0.25) is 4.79 Å². The van der Waals surface area contributed by atoms with Crippen LogP contribution in [0.15, 0.2) is 97.3 Å². The number of nitrogens with two attached hydrogens (primary N) is 1. The molecule has 5 heteroatoms. The molecule has 3 aromatic carbocycles. The smallest absolute Gasteiger partial charge is 0.245 e. The summed E-state index contributed by atoms with van der Waals surface area (Å²) in [6.07, 6.45) is 10.4. The summed E-state index contributed by atoms with van der Waals surface area (Å²) in [6.45, 7) is 0. The quantitative estimate of drug-likeness (QED) is 0.385. The van der Waals surface area contributed by atoms with Crippen molar-refractivity contribution in [3.63, 3.8) is 0 Å². The Labute approximate surface area is 193 Å². The summed E-state index contributed by atoms with van der Waals surface area (Å²) in [5.74, 6) is -0.0120. The SMILES string of the molecule is CN1C=CC(/C=C/c2ccc(NC(=O)[C@H](N)c3c[nH]c4ccccc34)cc2)c2ccccc21. The Kier molecular flexibility index (Phi) is 5.55. The molecule has 2 atom stereocenters. The van der Waals surface area contributed by atoms with Gasteiger partial charge in [0.05, 0.1) is 0 Å². The van der Waals surface area contributed by atoms with Crippen molar-refractivity contribution < 1.29 is 4.79 Å². The van der Waals surface area contributed by atoms with Gasteiger partial charge in [-0.1, -0.05) is 66.8 Å². The number of hydrogen-bond acceptors (Lipinski definition) is 3. The zero-order valence-corrected chi connectivity index (χ0v) is 18.4. The van der Waals surface area contributed by atoms with E-state index in [1.165, 1.54) is 11.3 Å². The van der Waals surface area contributed by atoms with Gasteiger partial charge in [0.25, 0.3) is 0 Å². The molecular weight excluding hydrogens is 408 g/mol. The molecule has 0 saturated carbocycles. The molecule has 0 bridgehead atoms. The van der Waals surface area contributed by atoms with Gasteiger partial charge in [-0.2, -0.15) is 0 Å². The molecule has 164 valence electrons. The Morgan fingerprint density at radius 1 is 1.06 bits per heavy atom. The second-order valence-corrected chi connectivity index (χ2v) is 8.27. The third kappa shape index (κ3) is 4.19. The van der Waals surface area contributed by atoms with Crippen molar-refractivity contribution in [2.45, 2.75) is 12.0 Å². The second kappa shape index (κ2) is 8.81. The van der Waals surface area contributed by atoms with Crippen molar-refractivity contribution in [3.05, 3.63) is 114 Å². The van der Waals surface area contributed by atoms with Gasteiger partial charge in [0, 0.05) is 53.2 Å². The minimum absolute atomic E-state index is 0.228. The maximum absolute atomic E-state index is 12.7. The van der Waals surface area contributed by atoms with Gasteiger partial charge in [0.15, 0.2) is 0 Å². The highest BCUT2D eigenvalue weighted by Crippen LogP contribution is 2.33. The van der Waals surface area contributed by atoms with Gasteiger partial charge in [0.1, 0.15) is 6.04 Å². The van der Waals surface area contributed by atoms with Crippen molar-refractivity contribution in [1.29, 1.82) is 0 Å². The average molecular weight is 435 g/mol. The van der Waals surface area contributed by atoms with Crippen molar-refractivity contribution >= 4 is 34.3 Å². The van der Waals surface area contributed by atoms with E-state index in [0.717, 1.165) is 27.7 Å². The van der Waals surface area contributed by atoms with Crippen LogP contribution in [-0.2, 0) is 4.79 Å². The lowest BCUT2D eigenvalue weighted by atomic mass is 9.93. The molecule has 1 aliphatic rings. The van der Waals surface area contributed by atoms with Crippen LogP contribution in [0.5, 0.6) is 0 Å². The highest BCUT2D eigenvalue weighted by atomic mass is 16.2. The monoisotopic (exact) mass is 434 g/mol. The van der Waals surface area contributed by atoms with E-state index < -0.39 is 6.04 Å². The number of hydrogen-bond donors (Lipinski definition) is 3. The number of para-hydroxylation sites is 2. The summed E-state index contributed by atoms with van der Waals surface area (Å²) >= 11 is 0. The molecule has 33 heavy (non-hydrogen) atoms. The van der Waals surface area contributed by atoms with Crippen LogP contribution in [0.3, 0.4) is 0 Å². The first-order chi connectivity index (χ1) is 16.1. The first-order valence-corrected chi connectivity index (χ1v) is 11.0. The van der Waals surface area contributed by atoms with Crippen LogP contribution >= 0.6 is 0 Å². The third-order valence-electron chi connectivity index (χ3n) is 6.11. The van der Waals surface area contributed by atoms with Crippen LogP contribution in [0, 0.1) is 0 Å². The van der Waals surface area contributed by atoms with E-state index in [-0.39, 0.29) is 11.8 Å². The minimum atomic E-state index is -0.753. The van der Waals surface area contributed by atoms with Crippen LogP contribution in [0.4, 0.5) is 11.4 Å². The summed E-state index contributed by atoms with van der Waals surface area (Å²) in [7, 11) is 2.06. The molecule has 0 spiro atoms. The molecule has 4 N–H and O–H groups in total. The number of carbonyl (C=O) groups excluding carboxylic acids is 1. The van der Waals surface area contributed by atoms with Crippen molar-refractivity contribution in [2.75, 3.05) is 17.3 Å². The largest absolute Gasteiger partial charge is 0.361 e. The molecule has 0 saturated heterocycles. The number of rotatable bonds is 5. The van der Waals surface area contributed by atoms with E-state index in [9.17, 15) is 4.79 Å². The molecule has 2 heterocycles. The van der Waals surface area contributed by atoms with Crippen LogP contribution in [0.2, 0.25) is 0 Å². The van der Waals surface area contributed by atoms with E-state index in [1.807, 2.05) is 48.5 Å². The summed E-state index contributed by atoms with van der Waals surface area (Å²) in [4.78, 5) is 18.0. The van der Waals surface area contributed by atoms with Gasteiger partial charge in [0.2, 0.25) is 5.91 Å². The molecule has 5 nitrogen and oxygen atoms in total. The van der Waals surface area contributed by atoms with E-state index in [1.54, 1.807) is 6.20 Å². The highest BCUT2D eigenvalue weighted by molar-refractivity contribution is 5.98. The number of H-pyrrole nitrogens is 1. The lowest BCUT2D eigenvalue weighted by molar-refractivity contribution is -0.117. The highest BCUT2D eigenvalue weighted by Gasteiger charge is 2.19. The van der Waals surface area contributed by atoms with E-state index in [2.05, 4.69) is 70.9 Å². The van der Waals surface area contributed by atoms with Crippen LogP contribution in [-0.4, -0.2) is 17.9 Å². The summed E-state index contributed by atoms with van der Waals surface area (Å²) < 4.78 is 0. The minimum Gasteiger partial charge on any atom is -0.361 e. The molecule has 1 unspecified atom stereocenters. The van der Waals surface area contributed by atoms with E-state index >= 15 is 0 Å². The van der Waals surface area contributed by atoms with Crippen LogP contribution < -0.4 is 16.0 Å². The Morgan fingerprint density at radius 2 is 1.82 bits per heavy atom. The van der Waals surface area contributed by atoms with Crippen molar-refractivity contribution in [2.24, 2.45) is 5.73 Å². The normalized spacial score (nSPS) is 16.2. The number of aromatic nitrogens is 1. The number of benzene rings is 3. The van der Waals surface area contributed by atoms with Gasteiger partial charge in [-0.05, 0) is 35.4 Å². The van der Waals surface area contributed by atoms with Crippen molar-refractivity contribution in [1.82, 2.24) is 4.98 Å². The zero-order chi connectivity index (χ0) is 22.8. The van der Waals surface area contributed by atoms with Crippen molar-refractivity contribution in [3.8, 4) is 0 Å². The fraction of sp³-hybridized carbons (Fsp3) is 0.107. The molecular formula is C28H26N4O. The molecule has 1 amide bonds. The lowest BCUT2D eigenvalue weighted by Crippen LogP contribution is -2.27. The number of amides is 1. The second-order valence-electron chi connectivity index (χ2n) is 8.27. The van der Waals surface area contributed by atoms with Gasteiger partial charge < -0.3 is 20.9 Å². The van der Waals surface area contributed by atoms with Gasteiger partial charge >= 0.3 is 0 Å². The maximum atomic E-state index is 12.7. The standard InChI is InChI=1S/C28H26N4O/c1-32-17-16-20(22-6-3-5-9-26(22)32)13-10-19-11-14-21(15-12-19)31-28(33)27(29)24-18-30-25-8-4-2-7-23(24)25/h2-18,20,27,30H,29H2,1H3,(H,31,33)/b13-10+/t20?,27-/m1/s1. The zero-order valence-electron chi connectivity index (χ0n) is 18.4. The Bertz CT molecular complexity index is 1350. The first kappa shape index (κ1) is 20.8. The molecule has 1 aliphatic heterocycles. The molecule has 0 fully saturated rings. The number of carbonyl (C=O) groups is 1. The molecule has 4 aromatic rings. The van der Waals surface area contributed by atoms with E-state index in [4.69, 9.17) is 5.73 Å². The van der Waals surface area contributed by atoms with Gasteiger partial charge in [-0.15, -0.1) is 0 Å². The predicted molar refractivity (Wildman–Crippen MR) is 136 cm³/mol. The lowest BCUT2D eigenvalue weighted by Gasteiger charge is -2.26. The number of allylic oxidation sites excluding steroid dienone is 2. The third-order valence-corrected chi connectivity index (χ3v) is 6.11. The number of nitrogens with zero attached hydrogens (tertiary/aromatic N) is 1. The fourth-order valence-corrected chi connectivity index (χ4v) is 4.27. The van der Waals surface area contributed by atoms with E-state index in [0.29, 0.717) is 0 Å². The number of fused-ring (bicyclic) bond motifs is 2. The molecule has 5 rings (SSSR count). The summed E-state index contributed by atoms with van der Waals surface area (Å²) in [5.41, 5.74) is 12.3. The van der Waals surface area contributed by atoms with Gasteiger partial charge in [-0.25, -0.2) is 0 Å². The first-order valence-electron chi connectivity index (χ1n) is 11.0. The Morgan fingerprint density at radius 3 is 2.67 bits per heavy atom. The Balaban J connectivity index is 1.26. The topological polar surface area (TPSA) is 74.2 Å². The number of nitrogens with one attached hydrogen (secondary N) is 2. The summed E-state index contributed by atoms with van der Waals surface area (Å²) in [6, 6.07) is 23.3.